The van der Waals surface area contributed by atoms with E-state index >= 15 is 0 Å². The Morgan fingerprint density at radius 2 is 2.43 bits per heavy atom. The van der Waals surface area contributed by atoms with E-state index in [-0.39, 0.29) is 5.91 Å². The first-order valence-electron chi connectivity index (χ1n) is 4.76. The van der Waals surface area contributed by atoms with Crippen molar-refractivity contribution < 1.29 is 4.79 Å². The zero-order chi connectivity index (χ0) is 10.2. The van der Waals surface area contributed by atoms with Crippen molar-refractivity contribution in [3.8, 4) is 0 Å². The number of rotatable bonds is 7. The molecule has 14 heavy (non-hydrogen) atoms. The summed E-state index contributed by atoms with van der Waals surface area (Å²) in [5.74, 6) is 0.705. The fraction of sp³-hybridized carbons (Fsp3) is 0.556. The number of aromatic nitrogens is 2. The van der Waals surface area contributed by atoms with Crippen LogP contribution in [0.4, 0.5) is 0 Å². The minimum Gasteiger partial charge on any atom is -0.370 e. The van der Waals surface area contributed by atoms with Crippen LogP contribution in [-0.2, 0) is 11.3 Å². The van der Waals surface area contributed by atoms with Crippen molar-refractivity contribution in [3.63, 3.8) is 0 Å². The van der Waals surface area contributed by atoms with Crippen LogP contribution in [0, 0.1) is 0 Å². The lowest BCUT2D eigenvalue weighted by Gasteiger charge is -2.01. The van der Waals surface area contributed by atoms with Gasteiger partial charge in [0.15, 0.2) is 0 Å². The maximum absolute atomic E-state index is 10.4. The first-order valence-corrected chi connectivity index (χ1v) is 4.76. The number of primary amides is 1. The zero-order valence-corrected chi connectivity index (χ0v) is 8.12. The van der Waals surface area contributed by atoms with E-state index in [1.165, 1.54) is 0 Å². The number of H-pyrrole nitrogens is 1. The molecule has 0 spiro atoms. The fourth-order valence-corrected chi connectivity index (χ4v) is 1.15. The first kappa shape index (κ1) is 10.7. The number of aromatic amines is 1. The van der Waals surface area contributed by atoms with E-state index in [1.807, 2.05) is 0 Å². The summed E-state index contributed by atoms with van der Waals surface area (Å²) in [6.45, 7) is 1.62. The number of nitrogens with one attached hydrogen (secondary N) is 2. The summed E-state index contributed by atoms with van der Waals surface area (Å²) in [5.41, 5.74) is 5.01. The Hall–Kier alpha value is -1.36. The summed E-state index contributed by atoms with van der Waals surface area (Å²) in [4.78, 5) is 17.5. The molecule has 1 amide bonds. The van der Waals surface area contributed by atoms with Gasteiger partial charge in [0.25, 0.3) is 0 Å². The highest BCUT2D eigenvalue weighted by Gasteiger charge is 1.95. The second-order valence-corrected chi connectivity index (χ2v) is 3.14. The van der Waals surface area contributed by atoms with E-state index in [2.05, 4.69) is 15.3 Å². The van der Waals surface area contributed by atoms with Crippen molar-refractivity contribution in [2.75, 3.05) is 6.54 Å². The van der Waals surface area contributed by atoms with Gasteiger partial charge in [0, 0.05) is 18.8 Å². The smallest absolute Gasteiger partial charge is 0.217 e. The second-order valence-electron chi connectivity index (χ2n) is 3.14. The summed E-state index contributed by atoms with van der Waals surface area (Å²) in [7, 11) is 0. The summed E-state index contributed by atoms with van der Waals surface area (Å²) in [6, 6.07) is 0. The molecule has 0 aliphatic rings. The van der Waals surface area contributed by atoms with Crippen LogP contribution in [0.25, 0.3) is 0 Å². The van der Waals surface area contributed by atoms with E-state index in [9.17, 15) is 4.79 Å². The Labute approximate surface area is 83.1 Å². The summed E-state index contributed by atoms with van der Waals surface area (Å²) < 4.78 is 0. The maximum atomic E-state index is 10.4. The standard InChI is InChI=1S/C9H16N4O/c10-8(14)3-1-2-4-11-7-9-12-5-6-13-9/h5-6,11H,1-4,7H2,(H2,10,14)(H,12,13). The number of nitrogens with two attached hydrogens (primary N) is 1. The molecular formula is C9H16N4O. The molecule has 0 radical (unpaired) electrons. The van der Waals surface area contributed by atoms with Crippen LogP contribution in [0.2, 0.25) is 0 Å². The minimum absolute atomic E-state index is 0.226. The van der Waals surface area contributed by atoms with Gasteiger partial charge in [0.05, 0.1) is 6.54 Å². The van der Waals surface area contributed by atoms with Gasteiger partial charge in [0.1, 0.15) is 5.82 Å². The van der Waals surface area contributed by atoms with Crippen LogP contribution in [0.3, 0.4) is 0 Å². The van der Waals surface area contributed by atoms with Crippen LogP contribution in [0.5, 0.6) is 0 Å². The van der Waals surface area contributed by atoms with Crippen molar-refractivity contribution in [1.82, 2.24) is 15.3 Å². The molecule has 0 aromatic carbocycles. The fourth-order valence-electron chi connectivity index (χ4n) is 1.15. The topological polar surface area (TPSA) is 83.8 Å². The van der Waals surface area contributed by atoms with Crippen molar-refractivity contribution in [2.24, 2.45) is 5.73 Å². The van der Waals surface area contributed by atoms with Crippen LogP contribution < -0.4 is 11.1 Å². The summed E-state index contributed by atoms with van der Waals surface area (Å²) in [6.07, 6.45) is 5.81. The molecule has 0 fully saturated rings. The van der Waals surface area contributed by atoms with E-state index in [1.54, 1.807) is 12.4 Å². The van der Waals surface area contributed by atoms with Gasteiger partial charge in [-0.05, 0) is 19.4 Å². The Balaban J connectivity index is 1.92. The number of amides is 1. The average Bonchev–Trinajstić information content (AvgIpc) is 2.63. The Morgan fingerprint density at radius 3 is 3.07 bits per heavy atom. The third-order valence-electron chi connectivity index (χ3n) is 1.87. The number of imidazole rings is 1. The number of carbonyl (C=O) groups is 1. The molecular weight excluding hydrogens is 180 g/mol. The van der Waals surface area contributed by atoms with Crippen LogP contribution in [0.15, 0.2) is 12.4 Å². The predicted octanol–water partition coefficient (Wildman–Crippen LogP) is 0.155. The molecule has 0 aliphatic carbocycles. The normalized spacial score (nSPS) is 10.3. The first-order chi connectivity index (χ1) is 6.79. The number of unbranched alkanes of at least 4 members (excludes halogenated alkanes) is 1. The third kappa shape index (κ3) is 4.61. The summed E-state index contributed by atoms with van der Waals surface area (Å²) >= 11 is 0. The maximum Gasteiger partial charge on any atom is 0.217 e. The molecule has 0 unspecified atom stereocenters. The number of hydrogen-bond acceptors (Lipinski definition) is 3. The van der Waals surface area contributed by atoms with E-state index in [4.69, 9.17) is 5.73 Å². The highest BCUT2D eigenvalue weighted by molar-refractivity contribution is 5.73. The van der Waals surface area contributed by atoms with Gasteiger partial charge >= 0.3 is 0 Å². The molecule has 5 nitrogen and oxygen atoms in total. The Kier molecular flexibility index (Phi) is 4.71. The van der Waals surface area contributed by atoms with E-state index < -0.39 is 0 Å². The van der Waals surface area contributed by atoms with Gasteiger partial charge in [-0.25, -0.2) is 4.98 Å². The number of nitrogens with zero attached hydrogens (tertiary/aromatic N) is 1. The van der Waals surface area contributed by atoms with E-state index in [0.717, 1.165) is 31.8 Å². The van der Waals surface area contributed by atoms with Crippen molar-refractivity contribution in [1.29, 1.82) is 0 Å². The van der Waals surface area contributed by atoms with Crippen LogP contribution in [-0.4, -0.2) is 22.4 Å². The molecule has 78 valence electrons. The van der Waals surface area contributed by atoms with E-state index in [0.29, 0.717) is 6.42 Å². The zero-order valence-electron chi connectivity index (χ0n) is 8.12. The Bertz CT molecular complexity index is 258. The quantitative estimate of drug-likeness (QED) is 0.543. The average molecular weight is 196 g/mol. The molecule has 0 atom stereocenters. The lowest BCUT2D eigenvalue weighted by Crippen LogP contribution is -2.16. The molecule has 1 heterocycles. The highest BCUT2D eigenvalue weighted by Crippen LogP contribution is 1.93. The molecule has 0 bridgehead atoms. The predicted molar refractivity (Wildman–Crippen MR) is 53.3 cm³/mol. The molecule has 0 saturated carbocycles. The Morgan fingerprint density at radius 1 is 1.57 bits per heavy atom. The van der Waals surface area contributed by atoms with Gasteiger partial charge in [-0.3, -0.25) is 4.79 Å². The monoisotopic (exact) mass is 196 g/mol. The van der Waals surface area contributed by atoms with Gasteiger partial charge < -0.3 is 16.0 Å². The molecule has 0 saturated heterocycles. The molecule has 1 aromatic rings. The van der Waals surface area contributed by atoms with Crippen LogP contribution in [0.1, 0.15) is 25.1 Å². The molecule has 5 heteroatoms. The van der Waals surface area contributed by atoms with Gasteiger partial charge in [-0.2, -0.15) is 0 Å². The van der Waals surface area contributed by atoms with Crippen molar-refractivity contribution in [2.45, 2.75) is 25.8 Å². The molecule has 1 aromatic heterocycles. The number of hydrogen-bond donors (Lipinski definition) is 3. The molecule has 1 rings (SSSR count). The van der Waals surface area contributed by atoms with Gasteiger partial charge in [-0.15, -0.1) is 0 Å². The lowest BCUT2D eigenvalue weighted by molar-refractivity contribution is -0.118. The lowest BCUT2D eigenvalue weighted by atomic mass is 10.2. The largest absolute Gasteiger partial charge is 0.370 e. The number of carbonyl (C=O) groups excluding carboxylic acids is 1. The van der Waals surface area contributed by atoms with Crippen LogP contribution >= 0.6 is 0 Å². The summed E-state index contributed by atoms with van der Waals surface area (Å²) in [5, 5.41) is 3.22. The van der Waals surface area contributed by atoms with Gasteiger partial charge in [-0.1, -0.05) is 0 Å². The molecule has 4 N–H and O–H groups in total. The minimum atomic E-state index is -0.226. The highest BCUT2D eigenvalue weighted by atomic mass is 16.1. The second kappa shape index (κ2) is 6.15. The van der Waals surface area contributed by atoms with Gasteiger partial charge in [0.2, 0.25) is 5.91 Å². The molecule has 0 aliphatic heterocycles. The van der Waals surface area contributed by atoms with Crippen molar-refractivity contribution in [3.05, 3.63) is 18.2 Å². The SMILES string of the molecule is NC(=O)CCCCNCc1ncc[nH]1. The third-order valence-corrected chi connectivity index (χ3v) is 1.87. The van der Waals surface area contributed by atoms with Crippen molar-refractivity contribution >= 4 is 5.91 Å².